The monoisotopic (exact) mass is 548 g/mol. The molecule has 2 aliphatic heterocycles. The number of carbonyl (C=O) groups excluding carboxylic acids is 4. The maximum Gasteiger partial charge on any atom is 0.342 e. The van der Waals surface area contributed by atoms with Gasteiger partial charge < -0.3 is 37.0 Å². The van der Waals surface area contributed by atoms with E-state index in [-0.39, 0.29) is 40.0 Å². The third kappa shape index (κ3) is 4.66. The lowest BCUT2D eigenvalue weighted by atomic mass is 10.0. The number of oxime groups is 1. The van der Waals surface area contributed by atoms with Crippen LogP contribution >= 0.6 is 23.3 Å². The van der Waals surface area contributed by atoms with Gasteiger partial charge in [-0.2, -0.15) is 9.36 Å². The number of aliphatic carboxylic acids is 1. The van der Waals surface area contributed by atoms with E-state index in [0.717, 1.165) is 34.4 Å². The largest absolute Gasteiger partial charge is 0.543 e. The highest BCUT2D eigenvalue weighted by Gasteiger charge is 2.53. The number of aromatic carboxylic acids is 1. The Morgan fingerprint density at radius 2 is 2.05 bits per heavy atom. The van der Waals surface area contributed by atoms with Gasteiger partial charge >= 0.3 is 5.97 Å². The van der Waals surface area contributed by atoms with Gasteiger partial charge in [0.2, 0.25) is 17.4 Å². The van der Waals surface area contributed by atoms with Gasteiger partial charge in [0.05, 0.1) is 17.2 Å². The zero-order valence-corrected chi connectivity index (χ0v) is 20.0. The number of hydrogen-bond acceptors (Lipinski definition) is 13. The number of hydrogen-bond donors (Lipinski definition) is 5. The first-order chi connectivity index (χ1) is 17.5. The first-order valence-electron chi connectivity index (χ1n) is 10.1. The van der Waals surface area contributed by atoms with Crippen LogP contribution in [0.1, 0.15) is 26.5 Å². The summed E-state index contributed by atoms with van der Waals surface area (Å²) in [7, 11) is 0. The van der Waals surface area contributed by atoms with Gasteiger partial charge in [-0.25, -0.2) is 9.36 Å². The van der Waals surface area contributed by atoms with Crippen molar-refractivity contribution in [2.24, 2.45) is 10.9 Å². The van der Waals surface area contributed by atoms with Crippen molar-refractivity contribution in [1.29, 1.82) is 0 Å². The van der Waals surface area contributed by atoms with Crippen molar-refractivity contribution in [3.8, 4) is 0 Å². The lowest BCUT2D eigenvalue weighted by Crippen LogP contribution is -2.71. The highest BCUT2D eigenvalue weighted by Crippen LogP contribution is 2.40. The van der Waals surface area contributed by atoms with Crippen LogP contribution in [0.2, 0.25) is 0 Å². The van der Waals surface area contributed by atoms with E-state index in [1.807, 2.05) is 0 Å². The van der Waals surface area contributed by atoms with Crippen molar-refractivity contribution in [2.75, 3.05) is 11.5 Å². The van der Waals surface area contributed by atoms with Gasteiger partial charge in [0.25, 0.3) is 11.8 Å². The summed E-state index contributed by atoms with van der Waals surface area (Å²) in [5.41, 5.74) is 9.28. The van der Waals surface area contributed by atoms with Crippen molar-refractivity contribution >= 4 is 63.8 Å². The number of amides is 3. The molecule has 0 unspecified atom stereocenters. The molecule has 37 heavy (non-hydrogen) atoms. The Hall–Kier alpha value is -4.58. The summed E-state index contributed by atoms with van der Waals surface area (Å²) >= 11 is 1.90. The Morgan fingerprint density at radius 1 is 1.32 bits per heavy atom. The lowest BCUT2D eigenvalue weighted by molar-refractivity contribution is -0.689. The molecule has 2 aromatic rings. The van der Waals surface area contributed by atoms with Crippen molar-refractivity contribution in [2.45, 2.75) is 18.0 Å². The fraction of sp³-hybridized carbons (Fsp3) is 0.211. The molecule has 0 saturated carbocycles. The van der Waals surface area contributed by atoms with Crippen LogP contribution in [0.15, 0.2) is 34.9 Å². The Balaban J connectivity index is 1.56. The third-order valence-electron chi connectivity index (χ3n) is 5.38. The second-order valence-electron chi connectivity index (χ2n) is 7.62. The fourth-order valence-corrected chi connectivity index (χ4v) is 5.54. The van der Waals surface area contributed by atoms with E-state index < -0.39 is 52.5 Å². The number of thioether (sulfide) groups is 1. The van der Waals surface area contributed by atoms with Crippen molar-refractivity contribution in [3.05, 3.63) is 46.7 Å². The minimum atomic E-state index is -1.65. The van der Waals surface area contributed by atoms with Gasteiger partial charge in [-0.05, 0) is 0 Å². The molecule has 2 atom stereocenters. The summed E-state index contributed by atoms with van der Waals surface area (Å²) < 4.78 is 5.10. The number of nitrogens with two attached hydrogens (primary N) is 2. The van der Waals surface area contributed by atoms with Crippen LogP contribution < -0.4 is 26.5 Å². The number of anilines is 1. The number of carbonyl (C=O) groups is 5. The van der Waals surface area contributed by atoms with Gasteiger partial charge in [0.15, 0.2) is 24.1 Å². The second-order valence-corrected chi connectivity index (χ2v) is 9.51. The zero-order chi connectivity index (χ0) is 27.0. The van der Waals surface area contributed by atoms with Gasteiger partial charge in [-0.15, -0.1) is 11.8 Å². The predicted molar refractivity (Wildman–Crippen MR) is 122 cm³/mol. The topological polar surface area (TPSA) is 258 Å². The summed E-state index contributed by atoms with van der Waals surface area (Å²) in [5, 5.41) is 35.0. The molecule has 1 fully saturated rings. The third-order valence-corrected chi connectivity index (χ3v) is 7.27. The number of nitrogens with one attached hydrogen (secondary N) is 1. The first-order valence-corrected chi connectivity index (χ1v) is 11.9. The molecule has 3 amide bonds. The first kappa shape index (κ1) is 25.5. The van der Waals surface area contributed by atoms with Gasteiger partial charge in [0, 0.05) is 28.9 Å². The average Bonchev–Trinajstić information content (AvgIpc) is 3.27. The molecule has 0 radical (unpaired) electrons. The molecular weight excluding hydrogens is 532 g/mol. The number of primary amides is 1. The SMILES string of the molecule is NC(=O)c1cc[n+](CC2=C(C(=O)[O-])N3C(=O)[C@@H](NC(=O)/C(=N\O)c4nsc(N)n4)[C@H]3SC2)cc1C(=O)O. The molecule has 0 bridgehead atoms. The molecule has 0 spiro atoms. The van der Waals surface area contributed by atoms with Crippen LogP contribution in [0, 0.1) is 0 Å². The molecule has 2 aromatic heterocycles. The summed E-state index contributed by atoms with van der Waals surface area (Å²) in [4.78, 5) is 65.1. The number of nitrogens with zero attached hydrogens (tertiary/aromatic N) is 5. The van der Waals surface area contributed by atoms with E-state index in [0.29, 0.717) is 0 Å². The van der Waals surface area contributed by atoms with Crippen LogP contribution in [0.25, 0.3) is 0 Å². The standard InChI is InChI=1S/C19H16N8O8S2/c20-12(28)7-1-2-26(4-8(7)17(31)32)3-6-5-36-16-10(15(30)27(16)11(6)18(33)34)22-14(29)9(24-35)13-23-19(21)37-25-13/h1-2,4,10,16H,3,5H2,(H7-,20,21,22,23,25,28,29,31,32,33,34,35)/t10-,16-/m1/s1. The van der Waals surface area contributed by atoms with Crippen molar-refractivity contribution in [1.82, 2.24) is 19.6 Å². The Morgan fingerprint density at radius 3 is 2.62 bits per heavy atom. The highest BCUT2D eigenvalue weighted by molar-refractivity contribution is 8.00. The van der Waals surface area contributed by atoms with E-state index >= 15 is 0 Å². The molecule has 18 heteroatoms. The van der Waals surface area contributed by atoms with E-state index in [2.05, 4.69) is 19.8 Å². The maximum absolute atomic E-state index is 12.8. The van der Waals surface area contributed by atoms with E-state index in [1.165, 1.54) is 16.8 Å². The molecule has 4 heterocycles. The number of rotatable bonds is 8. The summed E-state index contributed by atoms with van der Waals surface area (Å²) in [5.74, 6) is -5.90. The van der Waals surface area contributed by atoms with Crippen LogP contribution in [-0.4, -0.2) is 77.1 Å². The molecule has 0 aromatic carbocycles. The van der Waals surface area contributed by atoms with Crippen molar-refractivity contribution < 1.29 is 44.0 Å². The van der Waals surface area contributed by atoms with Gasteiger partial charge in [0.1, 0.15) is 17.0 Å². The van der Waals surface area contributed by atoms with Gasteiger partial charge in [-0.3, -0.25) is 19.3 Å². The molecule has 4 rings (SSSR count). The van der Waals surface area contributed by atoms with E-state index in [4.69, 9.17) is 11.5 Å². The number of pyridine rings is 1. The smallest absolute Gasteiger partial charge is 0.342 e. The van der Waals surface area contributed by atoms with Crippen LogP contribution in [-0.2, 0) is 20.9 Å². The Kier molecular flexibility index (Phi) is 6.77. The molecule has 2 aliphatic rings. The quantitative estimate of drug-likeness (QED) is 0.0707. The Bertz CT molecular complexity index is 1420. The van der Waals surface area contributed by atoms with Gasteiger partial charge in [-0.1, -0.05) is 5.16 Å². The lowest BCUT2D eigenvalue weighted by Gasteiger charge is -2.50. The zero-order valence-electron chi connectivity index (χ0n) is 18.4. The number of carboxylic acids is 2. The minimum absolute atomic E-state index is 0.0200. The van der Waals surface area contributed by atoms with Crippen LogP contribution in [0.5, 0.6) is 0 Å². The molecule has 7 N–H and O–H groups in total. The summed E-state index contributed by atoms with van der Waals surface area (Å²) in [6.45, 7) is -0.138. The van der Waals surface area contributed by atoms with E-state index in [1.54, 1.807) is 0 Å². The molecular formula is C19H16N8O8S2. The molecule has 1 saturated heterocycles. The molecule has 0 aliphatic carbocycles. The number of carboxylic acid groups (broad SMARTS) is 2. The average molecular weight is 549 g/mol. The Labute approximate surface area is 214 Å². The predicted octanol–water partition coefficient (Wildman–Crippen LogP) is -3.51. The normalized spacial score (nSPS) is 19.2. The van der Waals surface area contributed by atoms with Crippen LogP contribution in [0.3, 0.4) is 0 Å². The highest BCUT2D eigenvalue weighted by atomic mass is 32.2. The minimum Gasteiger partial charge on any atom is -0.543 e. The molecule has 192 valence electrons. The number of aromatic nitrogens is 3. The maximum atomic E-state index is 12.8. The fourth-order valence-electron chi connectivity index (χ4n) is 3.77. The van der Waals surface area contributed by atoms with Crippen molar-refractivity contribution in [3.63, 3.8) is 0 Å². The molecule has 16 nitrogen and oxygen atoms in total. The number of β-lactam (4-membered cyclic amide) rings is 1. The summed E-state index contributed by atoms with van der Waals surface area (Å²) in [6, 6.07) is 0.0391. The summed E-state index contributed by atoms with van der Waals surface area (Å²) in [6.07, 6.45) is 2.47. The second kappa shape index (κ2) is 9.82. The van der Waals surface area contributed by atoms with Crippen LogP contribution in [0.4, 0.5) is 5.13 Å². The van der Waals surface area contributed by atoms with E-state index in [9.17, 15) is 39.4 Å². The number of nitrogen functional groups attached to an aromatic ring is 1. The number of fused-ring (bicyclic) bond motifs is 1.